The largest absolute Gasteiger partial charge is 0.322 e. The van der Waals surface area contributed by atoms with E-state index in [2.05, 4.69) is 20.4 Å². The highest BCUT2D eigenvalue weighted by molar-refractivity contribution is 5.90. The number of amides is 1. The van der Waals surface area contributed by atoms with E-state index in [1.54, 1.807) is 36.9 Å². The number of aromatic nitrogens is 4. The van der Waals surface area contributed by atoms with Crippen LogP contribution in [0.1, 0.15) is 0 Å². The molecule has 0 aliphatic rings. The summed E-state index contributed by atoms with van der Waals surface area (Å²) in [5, 5.41) is 6.99. The fraction of sp³-hybridized carbons (Fsp3) is 0.0476. The van der Waals surface area contributed by atoms with Crippen molar-refractivity contribution in [3.05, 3.63) is 85.2 Å². The van der Waals surface area contributed by atoms with Gasteiger partial charge in [-0.3, -0.25) is 19.4 Å². The van der Waals surface area contributed by atoms with Crippen LogP contribution >= 0.6 is 0 Å². The summed E-state index contributed by atoms with van der Waals surface area (Å²) in [5.74, 6) is -0.828. The van der Waals surface area contributed by atoms with E-state index in [0.717, 1.165) is 22.5 Å². The number of rotatable bonds is 5. The Hall–Kier alpha value is -3.87. The number of anilines is 1. The maximum Gasteiger partial charge on any atom is 0.246 e. The molecule has 2 aromatic carbocycles. The van der Waals surface area contributed by atoms with Crippen molar-refractivity contribution in [1.29, 1.82) is 0 Å². The number of halogens is 1. The normalized spacial score (nSPS) is 10.6. The quantitative estimate of drug-likeness (QED) is 0.578. The van der Waals surface area contributed by atoms with E-state index in [-0.39, 0.29) is 18.1 Å². The van der Waals surface area contributed by atoms with E-state index in [4.69, 9.17) is 0 Å². The second-order valence-corrected chi connectivity index (χ2v) is 6.10. The minimum atomic E-state index is -0.474. The van der Waals surface area contributed by atoms with Gasteiger partial charge in [0, 0.05) is 29.7 Å². The third-order valence-electron chi connectivity index (χ3n) is 4.11. The highest BCUT2D eigenvalue weighted by Gasteiger charge is 2.10. The molecule has 0 saturated carbocycles. The minimum absolute atomic E-state index is 0.0157. The number of nitrogens with one attached hydrogen (secondary N) is 1. The van der Waals surface area contributed by atoms with Gasteiger partial charge in [0.25, 0.3) is 0 Å². The van der Waals surface area contributed by atoms with Crippen molar-refractivity contribution in [3.8, 4) is 22.5 Å². The lowest BCUT2D eigenvalue weighted by atomic mass is 10.1. The zero-order chi connectivity index (χ0) is 19.3. The van der Waals surface area contributed by atoms with E-state index in [1.807, 2.05) is 30.3 Å². The summed E-state index contributed by atoms with van der Waals surface area (Å²) in [7, 11) is 0. The molecule has 2 heterocycles. The Morgan fingerprint density at radius 1 is 1.00 bits per heavy atom. The van der Waals surface area contributed by atoms with E-state index >= 15 is 0 Å². The Kier molecular flexibility index (Phi) is 4.88. The Bertz CT molecular complexity index is 1110. The summed E-state index contributed by atoms with van der Waals surface area (Å²) in [4.78, 5) is 20.6. The van der Waals surface area contributed by atoms with Crippen molar-refractivity contribution in [1.82, 2.24) is 19.7 Å². The number of carbonyl (C=O) groups is 1. The topological polar surface area (TPSA) is 72.7 Å². The predicted molar refractivity (Wildman–Crippen MR) is 104 cm³/mol. The van der Waals surface area contributed by atoms with Crippen LogP contribution in [0, 0.1) is 5.82 Å². The standard InChI is InChI=1S/C21H16FN5O/c22-17-6-1-2-7-19(17)25-21(28)14-27-11-8-18(26-27)15-4-3-5-16(12-15)20-13-23-9-10-24-20/h1-13H,14H2,(H,25,28). The average molecular weight is 373 g/mol. The first-order chi connectivity index (χ1) is 13.7. The molecule has 0 unspecified atom stereocenters. The van der Waals surface area contributed by atoms with Gasteiger partial charge in [-0.15, -0.1) is 0 Å². The highest BCUT2D eigenvalue weighted by atomic mass is 19.1. The molecule has 7 heteroatoms. The van der Waals surface area contributed by atoms with Gasteiger partial charge >= 0.3 is 0 Å². The third kappa shape index (κ3) is 3.93. The van der Waals surface area contributed by atoms with E-state index in [1.165, 1.54) is 16.8 Å². The summed E-state index contributed by atoms with van der Waals surface area (Å²) in [6.45, 7) is -0.0157. The van der Waals surface area contributed by atoms with Gasteiger partial charge in [0.1, 0.15) is 12.4 Å². The number of nitrogens with zero attached hydrogens (tertiary/aromatic N) is 4. The Morgan fingerprint density at radius 3 is 2.61 bits per heavy atom. The smallest absolute Gasteiger partial charge is 0.246 e. The summed E-state index contributed by atoms with van der Waals surface area (Å²) in [6, 6.07) is 15.6. The molecule has 1 amide bonds. The fourth-order valence-corrected chi connectivity index (χ4v) is 2.79. The van der Waals surface area contributed by atoms with Crippen LogP contribution in [-0.4, -0.2) is 25.7 Å². The minimum Gasteiger partial charge on any atom is -0.322 e. The summed E-state index contributed by atoms with van der Waals surface area (Å²) < 4.78 is 15.2. The van der Waals surface area contributed by atoms with Crippen molar-refractivity contribution >= 4 is 11.6 Å². The molecule has 1 N–H and O–H groups in total. The molecule has 0 atom stereocenters. The third-order valence-corrected chi connectivity index (χ3v) is 4.11. The molecule has 28 heavy (non-hydrogen) atoms. The molecule has 0 spiro atoms. The molecule has 0 bridgehead atoms. The van der Waals surface area contributed by atoms with E-state index in [0.29, 0.717) is 0 Å². The predicted octanol–water partition coefficient (Wildman–Crippen LogP) is 3.78. The molecule has 0 saturated heterocycles. The Balaban J connectivity index is 1.49. The van der Waals surface area contributed by atoms with Crippen molar-refractivity contribution < 1.29 is 9.18 Å². The summed E-state index contributed by atoms with van der Waals surface area (Å²) >= 11 is 0. The van der Waals surface area contributed by atoms with Gasteiger partial charge in [-0.1, -0.05) is 30.3 Å². The van der Waals surface area contributed by atoms with Crippen LogP contribution in [-0.2, 0) is 11.3 Å². The highest BCUT2D eigenvalue weighted by Crippen LogP contribution is 2.23. The van der Waals surface area contributed by atoms with Gasteiger partial charge in [0.2, 0.25) is 5.91 Å². The Morgan fingerprint density at radius 2 is 1.82 bits per heavy atom. The molecule has 0 aliphatic heterocycles. The SMILES string of the molecule is O=C(Cn1ccc(-c2cccc(-c3cnccn3)c2)n1)Nc1ccccc1F. The number of hydrogen-bond donors (Lipinski definition) is 1. The first-order valence-corrected chi connectivity index (χ1v) is 8.64. The molecule has 138 valence electrons. The summed E-state index contributed by atoms with van der Waals surface area (Å²) in [6.07, 6.45) is 6.68. The van der Waals surface area contributed by atoms with E-state index in [9.17, 15) is 9.18 Å². The van der Waals surface area contributed by atoms with Gasteiger partial charge in [0.15, 0.2) is 0 Å². The molecule has 4 aromatic rings. The van der Waals surface area contributed by atoms with Crippen LogP contribution in [0.3, 0.4) is 0 Å². The van der Waals surface area contributed by atoms with Crippen molar-refractivity contribution in [2.24, 2.45) is 0 Å². The van der Waals surface area contributed by atoms with Crippen molar-refractivity contribution in [3.63, 3.8) is 0 Å². The van der Waals surface area contributed by atoms with Crippen LogP contribution in [0.15, 0.2) is 79.4 Å². The number of carbonyl (C=O) groups excluding carboxylic acids is 1. The molecular weight excluding hydrogens is 357 g/mol. The molecule has 0 aliphatic carbocycles. The lowest BCUT2D eigenvalue weighted by Gasteiger charge is -2.06. The van der Waals surface area contributed by atoms with Crippen LogP contribution in [0.2, 0.25) is 0 Å². The van der Waals surface area contributed by atoms with Crippen LogP contribution in [0.4, 0.5) is 10.1 Å². The number of para-hydroxylation sites is 1. The maximum absolute atomic E-state index is 13.6. The molecular formula is C21H16FN5O. The van der Waals surface area contributed by atoms with Gasteiger partial charge in [-0.25, -0.2) is 4.39 Å². The molecule has 0 fully saturated rings. The van der Waals surface area contributed by atoms with Gasteiger partial charge in [0.05, 0.1) is 23.3 Å². The molecule has 2 aromatic heterocycles. The fourth-order valence-electron chi connectivity index (χ4n) is 2.79. The lowest BCUT2D eigenvalue weighted by Crippen LogP contribution is -2.19. The van der Waals surface area contributed by atoms with Gasteiger partial charge < -0.3 is 5.32 Å². The van der Waals surface area contributed by atoms with Crippen LogP contribution in [0.25, 0.3) is 22.5 Å². The van der Waals surface area contributed by atoms with Gasteiger partial charge in [-0.2, -0.15) is 5.10 Å². The zero-order valence-corrected chi connectivity index (χ0v) is 14.8. The molecule has 0 radical (unpaired) electrons. The van der Waals surface area contributed by atoms with Gasteiger partial charge in [-0.05, 0) is 24.3 Å². The molecule has 6 nitrogen and oxygen atoms in total. The van der Waals surface area contributed by atoms with Crippen molar-refractivity contribution in [2.45, 2.75) is 6.54 Å². The van der Waals surface area contributed by atoms with Crippen LogP contribution in [0.5, 0.6) is 0 Å². The Labute approximate surface area is 160 Å². The van der Waals surface area contributed by atoms with E-state index < -0.39 is 5.82 Å². The first-order valence-electron chi connectivity index (χ1n) is 8.64. The first kappa shape index (κ1) is 17.5. The monoisotopic (exact) mass is 373 g/mol. The maximum atomic E-state index is 13.6. The average Bonchev–Trinajstić information content (AvgIpc) is 3.19. The van der Waals surface area contributed by atoms with Crippen molar-refractivity contribution in [2.75, 3.05) is 5.32 Å². The van der Waals surface area contributed by atoms with Crippen LogP contribution < -0.4 is 5.32 Å². The lowest BCUT2D eigenvalue weighted by molar-refractivity contribution is -0.116. The number of benzene rings is 2. The number of hydrogen-bond acceptors (Lipinski definition) is 4. The second-order valence-electron chi connectivity index (χ2n) is 6.10. The molecule has 4 rings (SSSR count). The summed E-state index contributed by atoms with van der Waals surface area (Å²) in [5.41, 5.74) is 3.47. The zero-order valence-electron chi connectivity index (χ0n) is 14.8. The second kappa shape index (κ2) is 7.79.